The molecule has 100 valence electrons. The molecule has 2 rings (SSSR count). The number of aliphatic hydroxyl groups excluding tert-OH is 1. The highest BCUT2D eigenvalue weighted by atomic mass is 16.5. The average Bonchev–Trinajstić information content (AvgIpc) is 3.23. The van der Waals surface area contributed by atoms with Crippen LogP contribution in [0.4, 0.5) is 0 Å². The number of aliphatic hydroxyl groups is 1. The molecule has 0 aromatic heterocycles. The fourth-order valence-corrected chi connectivity index (χ4v) is 1.87. The topological polar surface area (TPSA) is 50.7 Å². The second-order valence-corrected chi connectivity index (χ2v) is 4.61. The van der Waals surface area contributed by atoms with Gasteiger partial charge in [0.2, 0.25) is 0 Å². The zero-order valence-corrected chi connectivity index (χ0v) is 10.8. The Morgan fingerprint density at radius 2 is 2.06 bits per heavy atom. The standard InChI is InChI=1S/C14H21NO3/c1-17-13-4-2-3-5-14(13)18-9-8-15-10-12(16)11-6-7-11/h2-5,11-12,15-16H,6-10H2,1H3. The number of rotatable bonds is 8. The number of benzene rings is 1. The van der Waals surface area contributed by atoms with Gasteiger partial charge in [-0.1, -0.05) is 12.1 Å². The summed E-state index contributed by atoms with van der Waals surface area (Å²) in [6, 6.07) is 7.59. The van der Waals surface area contributed by atoms with Crippen molar-refractivity contribution in [1.29, 1.82) is 0 Å². The summed E-state index contributed by atoms with van der Waals surface area (Å²) in [5.41, 5.74) is 0. The van der Waals surface area contributed by atoms with Gasteiger partial charge in [0.1, 0.15) is 6.61 Å². The molecule has 1 aliphatic carbocycles. The SMILES string of the molecule is COc1ccccc1OCCNCC(O)C1CC1. The van der Waals surface area contributed by atoms with Crippen molar-refractivity contribution in [3.8, 4) is 11.5 Å². The second kappa shape index (κ2) is 6.61. The maximum absolute atomic E-state index is 9.66. The second-order valence-electron chi connectivity index (χ2n) is 4.61. The highest BCUT2D eigenvalue weighted by Crippen LogP contribution is 2.32. The van der Waals surface area contributed by atoms with E-state index in [1.165, 1.54) is 12.8 Å². The maximum atomic E-state index is 9.66. The lowest BCUT2D eigenvalue weighted by Gasteiger charge is -2.12. The van der Waals surface area contributed by atoms with Gasteiger partial charge in [0.05, 0.1) is 13.2 Å². The third-order valence-corrected chi connectivity index (χ3v) is 3.13. The largest absolute Gasteiger partial charge is 0.493 e. The van der Waals surface area contributed by atoms with Gasteiger partial charge >= 0.3 is 0 Å². The van der Waals surface area contributed by atoms with Crippen molar-refractivity contribution in [2.45, 2.75) is 18.9 Å². The molecule has 0 radical (unpaired) electrons. The van der Waals surface area contributed by atoms with Gasteiger partial charge in [-0.3, -0.25) is 0 Å². The van der Waals surface area contributed by atoms with Crippen molar-refractivity contribution >= 4 is 0 Å². The first kappa shape index (κ1) is 13.2. The van der Waals surface area contributed by atoms with Crippen LogP contribution in [-0.2, 0) is 0 Å². The summed E-state index contributed by atoms with van der Waals surface area (Å²) in [4.78, 5) is 0. The van der Waals surface area contributed by atoms with Crippen LogP contribution >= 0.6 is 0 Å². The van der Waals surface area contributed by atoms with Crippen molar-refractivity contribution in [1.82, 2.24) is 5.32 Å². The van der Waals surface area contributed by atoms with Crippen LogP contribution in [-0.4, -0.2) is 38.0 Å². The molecule has 1 fully saturated rings. The van der Waals surface area contributed by atoms with E-state index < -0.39 is 0 Å². The highest BCUT2D eigenvalue weighted by molar-refractivity contribution is 5.39. The lowest BCUT2D eigenvalue weighted by Crippen LogP contribution is -2.31. The quantitative estimate of drug-likeness (QED) is 0.686. The molecule has 0 spiro atoms. The summed E-state index contributed by atoms with van der Waals surface area (Å²) >= 11 is 0. The van der Waals surface area contributed by atoms with Gasteiger partial charge in [-0.05, 0) is 30.9 Å². The summed E-state index contributed by atoms with van der Waals surface area (Å²) in [5, 5.41) is 12.9. The van der Waals surface area contributed by atoms with E-state index in [4.69, 9.17) is 9.47 Å². The Balaban J connectivity index is 1.62. The summed E-state index contributed by atoms with van der Waals surface area (Å²) in [5.74, 6) is 2.02. The minimum atomic E-state index is -0.198. The predicted molar refractivity (Wildman–Crippen MR) is 70.1 cm³/mol. The molecule has 2 N–H and O–H groups in total. The molecular weight excluding hydrogens is 230 g/mol. The molecule has 0 saturated heterocycles. The number of para-hydroxylation sites is 2. The van der Waals surface area contributed by atoms with E-state index in [2.05, 4.69) is 5.32 Å². The molecule has 4 heteroatoms. The van der Waals surface area contributed by atoms with Gasteiger partial charge < -0.3 is 19.9 Å². The number of methoxy groups -OCH3 is 1. The van der Waals surface area contributed by atoms with E-state index in [1.54, 1.807) is 7.11 Å². The monoisotopic (exact) mass is 251 g/mol. The first-order chi connectivity index (χ1) is 8.81. The number of hydrogen-bond acceptors (Lipinski definition) is 4. The fourth-order valence-electron chi connectivity index (χ4n) is 1.87. The minimum absolute atomic E-state index is 0.198. The molecule has 0 bridgehead atoms. The third kappa shape index (κ3) is 3.89. The van der Waals surface area contributed by atoms with E-state index in [-0.39, 0.29) is 6.10 Å². The van der Waals surface area contributed by atoms with Gasteiger partial charge in [-0.15, -0.1) is 0 Å². The van der Waals surface area contributed by atoms with E-state index in [1.807, 2.05) is 24.3 Å². The van der Waals surface area contributed by atoms with Crippen LogP contribution in [0.5, 0.6) is 11.5 Å². The molecule has 1 aliphatic rings. The van der Waals surface area contributed by atoms with Crippen molar-refractivity contribution in [2.24, 2.45) is 5.92 Å². The summed E-state index contributed by atoms with van der Waals surface area (Å²) in [6.07, 6.45) is 2.14. The van der Waals surface area contributed by atoms with Crippen LogP contribution in [0.15, 0.2) is 24.3 Å². The number of nitrogens with one attached hydrogen (secondary N) is 1. The van der Waals surface area contributed by atoms with Crippen LogP contribution in [0.1, 0.15) is 12.8 Å². The van der Waals surface area contributed by atoms with E-state index >= 15 is 0 Å². The maximum Gasteiger partial charge on any atom is 0.161 e. The predicted octanol–water partition coefficient (Wildman–Crippen LogP) is 1.43. The third-order valence-electron chi connectivity index (χ3n) is 3.13. The summed E-state index contributed by atoms with van der Waals surface area (Å²) in [6.45, 7) is 1.94. The first-order valence-corrected chi connectivity index (χ1v) is 6.46. The first-order valence-electron chi connectivity index (χ1n) is 6.46. The van der Waals surface area contributed by atoms with E-state index in [9.17, 15) is 5.11 Å². The fraction of sp³-hybridized carbons (Fsp3) is 0.571. The molecule has 1 saturated carbocycles. The molecule has 1 atom stereocenters. The Morgan fingerprint density at radius 3 is 2.72 bits per heavy atom. The Morgan fingerprint density at radius 1 is 1.33 bits per heavy atom. The number of ether oxygens (including phenoxy) is 2. The van der Waals surface area contributed by atoms with Gasteiger partial charge in [-0.25, -0.2) is 0 Å². The lowest BCUT2D eigenvalue weighted by atomic mass is 10.2. The molecule has 1 aromatic rings. The average molecular weight is 251 g/mol. The molecule has 18 heavy (non-hydrogen) atoms. The van der Waals surface area contributed by atoms with Gasteiger partial charge in [0, 0.05) is 13.1 Å². The van der Waals surface area contributed by atoms with Crippen molar-refractivity contribution < 1.29 is 14.6 Å². The zero-order chi connectivity index (χ0) is 12.8. The van der Waals surface area contributed by atoms with E-state index in [0.29, 0.717) is 19.1 Å². The van der Waals surface area contributed by atoms with Crippen molar-refractivity contribution in [3.05, 3.63) is 24.3 Å². The van der Waals surface area contributed by atoms with Gasteiger partial charge in [0.15, 0.2) is 11.5 Å². The minimum Gasteiger partial charge on any atom is -0.493 e. The smallest absolute Gasteiger partial charge is 0.161 e. The molecule has 1 unspecified atom stereocenters. The highest BCUT2D eigenvalue weighted by Gasteiger charge is 2.28. The van der Waals surface area contributed by atoms with E-state index in [0.717, 1.165) is 18.0 Å². The van der Waals surface area contributed by atoms with Crippen LogP contribution in [0.3, 0.4) is 0 Å². The molecule has 0 aliphatic heterocycles. The molecule has 0 heterocycles. The van der Waals surface area contributed by atoms with Crippen LogP contribution in [0.2, 0.25) is 0 Å². The molecular formula is C14H21NO3. The molecule has 1 aromatic carbocycles. The van der Waals surface area contributed by atoms with Gasteiger partial charge in [-0.2, -0.15) is 0 Å². The molecule has 4 nitrogen and oxygen atoms in total. The Labute approximate surface area is 108 Å². The lowest BCUT2D eigenvalue weighted by molar-refractivity contribution is 0.147. The Bertz CT molecular complexity index is 366. The van der Waals surface area contributed by atoms with Crippen LogP contribution in [0.25, 0.3) is 0 Å². The van der Waals surface area contributed by atoms with Crippen molar-refractivity contribution in [3.63, 3.8) is 0 Å². The summed E-state index contributed by atoms with van der Waals surface area (Å²) < 4.78 is 10.8. The zero-order valence-electron chi connectivity index (χ0n) is 10.8. The van der Waals surface area contributed by atoms with Crippen LogP contribution < -0.4 is 14.8 Å². The summed E-state index contributed by atoms with van der Waals surface area (Å²) in [7, 11) is 1.63. The Kier molecular flexibility index (Phi) is 4.84. The normalized spacial score (nSPS) is 16.3. The van der Waals surface area contributed by atoms with Gasteiger partial charge in [0.25, 0.3) is 0 Å². The van der Waals surface area contributed by atoms with Crippen LogP contribution in [0, 0.1) is 5.92 Å². The number of hydrogen-bond donors (Lipinski definition) is 2. The van der Waals surface area contributed by atoms with Crippen molar-refractivity contribution in [2.75, 3.05) is 26.8 Å². The molecule has 0 amide bonds. The Hall–Kier alpha value is -1.26.